The largest absolute Gasteiger partial charge is 0.330 e. The summed E-state index contributed by atoms with van der Waals surface area (Å²) in [5, 5.41) is 3.29. The van der Waals surface area contributed by atoms with Crippen molar-refractivity contribution in [3.05, 3.63) is 0 Å². The molecule has 0 aromatic heterocycles. The summed E-state index contributed by atoms with van der Waals surface area (Å²) in [6, 6.07) is 0. The zero-order chi connectivity index (χ0) is 5.82. The third-order valence-corrected chi connectivity index (χ3v) is 1.79. The van der Waals surface area contributed by atoms with Crippen LogP contribution in [0.15, 0.2) is 0 Å². The van der Waals surface area contributed by atoms with Gasteiger partial charge in [-0.1, -0.05) is 7.43 Å². The molecule has 2 nitrogen and oxygen atoms in total. The van der Waals surface area contributed by atoms with E-state index >= 15 is 0 Å². The van der Waals surface area contributed by atoms with Crippen LogP contribution >= 0.6 is 0 Å². The van der Waals surface area contributed by atoms with Gasteiger partial charge in [0.05, 0.1) is 0 Å². The maximum atomic E-state index is 5.48. The Morgan fingerprint density at radius 3 is 2.22 bits per heavy atom. The summed E-state index contributed by atoms with van der Waals surface area (Å²) in [5.41, 5.74) is 5.48. The molecule has 0 aromatic rings. The lowest BCUT2D eigenvalue weighted by Crippen LogP contribution is -2.31. The normalized spacial score (nSPS) is 21.0. The summed E-state index contributed by atoms with van der Waals surface area (Å²) in [6.07, 6.45) is 2.55. The van der Waals surface area contributed by atoms with Crippen LogP contribution in [-0.2, 0) is 0 Å². The van der Waals surface area contributed by atoms with Crippen LogP contribution in [0.5, 0.6) is 0 Å². The second-order valence-corrected chi connectivity index (χ2v) is 2.43. The van der Waals surface area contributed by atoms with Gasteiger partial charge in [-0.25, -0.2) is 0 Å². The zero-order valence-electron chi connectivity index (χ0n) is 5.19. The standard InChI is InChI=1S/C6H14N2.CH4/c7-5-6-1-3-8-4-2-6;/h6,8H,1-5,7H2;1H4. The molecule has 0 radical (unpaired) electrons. The molecule has 1 aliphatic heterocycles. The first kappa shape index (κ1) is 8.92. The van der Waals surface area contributed by atoms with E-state index in [2.05, 4.69) is 5.32 Å². The third-order valence-electron chi connectivity index (χ3n) is 1.79. The van der Waals surface area contributed by atoms with Gasteiger partial charge in [-0.15, -0.1) is 0 Å². The Balaban J connectivity index is 0.000000640. The molecule has 0 spiro atoms. The van der Waals surface area contributed by atoms with Crippen LogP contribution in [0.25, 0.3) is 0 Å². The van der Waals surface area contributed by atoms with Crippen LogP contribution < -0.4 is 11.1 Å². The molecule has 9 heavy (non-hydrogen) atoms. The molecule has 0 atom stereocenters. The van der Waals surface area contributed by atoms with E-state index in [-0.39, 0.29) is 7.43 Å². The molecule has 1 heterocycles. The van der Waals surface area contributed by atoms with Gasteiger partial charge in [-0.05, 0) is 38.4 Å². The molecule has 2 heteroatoms. The highest BCUT2D eigenvalue weighted by atomic mass is 14.9. The van der Waals surface area contributed by atoms with E-state index in [0.717, 1.165) is 12.5 Å². The molecule has 1 saturated heterocycles. The van der Waals surface area contributed by atoms with E-state index in [4.69, 9.17) is 5.73 Å². The average Bonchev–Trinajstić information content (AvgIpc) is 1.90. The number of piperidine rings is 1. The van der Waals surface area contributed by atoms with Gasteiger partial charge in [-0.3, -0.25) is 0 Å². The first-order chi connectivity index (χ1) is 3.93. The van der Waals surface area contributed by atoms with Crippen LogP contribution in [0.2, 0.25) is 0 Å². The lowest BCUT2D eigenvalue weighted by molar-refractivity contribution is 0.382. The highest BCUT2D eigenvalue weighted by Crippen LogP contribution is 2.07. The second kappa shape index (κ2) is 4.77. The quantitative estimate of drug-likeness (QED) is 0.545. The number of hydrogen-bond acceptors (Lipinski definition) is 2. The first-order valence-corrected chi connectivity index (χ1v) is 3.34. The summed E-state index contributed by atoms with van der Waals surface area (Å²) in [7, 11) is 0. The predicted molar refractivity (Wildman–Crippen MR) is 41.4 cm³/mol. The molecule has 0 unspecified atom stereocenters. The number of rotatable bonds is 1. The van der Waals surface area contributed by atoms with Crippen molar-refractivity contribution in [2.24, 2.45) is 11.7 Å². The first-order valence-electron chi connectivity index (χ1n) is 3.34. The summed E-state index contributed by atoms with van der Waals surface area (Å²) in [5.74, 6) is 0.802. The molecule has 3 N–H and O–H groups in total. The lowest BCUT2D eigenvalue weighted by atomic mass is 9.99. The lowest BCUT2D eigenvalue weighted by Gasteiger charge is -2.20. The van der Waals surface area contributed by atoms with Crippen molar-refractivity contribution in [1.82, 2.24) is 5.32 Å². The molecule has 0 aromatic carbocycles. The second-order valence-electron chi connectivity index (χ2n) is 2.43. The Morgan fingerprint density at radius 1 is 1.33 bits per heavy atom. The van der Waals surface area contributed by atoms with Crippen molar-refractivity contribution >= 4 is 0 Å². The van der Waals surface area contributed by atoms with Crippen molar-refractivity contribution in [2.45, 2.75) is 20.3 Å². The molecular weight excluding hydrogens is 112 g/mol. The minimum absolute atomic E-state index is 0. The Hall–Kier alpha value is -0.0800. The average molecular weight is 130 g/mol. The van der Waals surface area contributed by atoms with Gasteiger partial charge in [0.15, 0.2) is 0 Å². The maximum absolute atomic E-state index is 5.48. The molecule has 0 saturated carbocycles. The van der Waals surface area contributed by atoms with Crippen molar-refractivity contribution < 1.29 is 0 Å². The van der Waals surface area contributed by atoms with E-state index in [0.29, 0.717) is 0 Å². The van der Waals surface area contributed by atoms with Gasteiger partial charge in [0, 0.05) is 0 Å². The van der Waals surface area contributed by atoms with Crippen molar-refractivity contribution in [3.63, 3.8) is 0 Å². The molecule has 56 valence electrons. The van der Waals surface area contributed by atoms with Gasteiger partial charge >= 0.3 is 0 Å². The molecule has 1 rings (SSSR count). The fourth-order valence-corrected chi connectivity index (χ4v) is 1.12. The van der Waals surface area contributed by atoms with E-state index < -0.39 is 0 Å². The number of nitrogens with one attached hydrogen (secondary N) is 1. The third kappa shape index (κ3) is 2.82. The minimum Gasteiger partial charge on any atom is -0.330 e. The van der Waals surface area contributed by atoms with Crippen molar-refractivity contribution in [2.75, 3.05) is 19.6 Å². The number of hydrogen-bond donors (Lipinski definition) is 2. The van der Waals surface area contributed by atoms with Gasteiger partial charge < -0.3 is 11.1 Å². The number of nitrogens with two attached hydrogens (primary N) is 1. The van der Waals surface area contributed by atoms with E-state index in [9.17, 15) is 0 Å². The molecule has 0 amide bonds. The van der Waals surface area contributed by atoms with Gasteiger partial charge in [0.1, 0.15) is 0 Å². The van der Waals surface area contributed by atoms with Crippen LogP contribution in [0.4, 0.5) is 0 Å². The van der Waals surface area contributed by atoms with E-state index in [1.165, 1.54) is 25.9 Å². The van der Waals surface area contributed by atoms with Gasteiger partial charge in [0.2, 0.25) is 0 Å². The molecule has 0 bridgehead atoms. The zero-order valence-corrected chi connectivity index (χ0v) is 5.19. The molecule has 1 aliphatic rings. The smallest absolute Gasteiger partial charge is 0.00458 e. The summed E-state index contributed by atoms with van der Waals surface area (Å²) < 4.78 is 0. The topological polar surface area (TPSA) is 38.0 Å². The Labute approximate surface area is 57.8 Å². The SMILES string of the molecule is C.NCC1CCNCC1. The highest BCUT2D eigenvalue weighted by Gasteiger charge is 2.09. The summed E-state index contributed by atoms with van der Waals surface area (Å²) >= 11 is 0. The predicted octanol–water partition coefficient (Wildman–Crippen LogP) is 0.581. The Morgan fingerprint density at radius 2 is 1.89 bits per heavy atom. The van der Waals surface area contributed by atoms with Crippen LogP contribution in [0.1, 0.15) is 20.3 Å². The highest BCUT2D eigenvalue weighted by molar-refractivity contribution is 4.67. The van der Waals surface area contributed by atoms with E-state index in [1.807, 2.05) is 0 Å². The van der Waals surface area contributed by atoms with Crippen molar-refractivity contribution in [1.29, 1.82) is 0 Å². The molecule has 0 aliphatic carbocycles. The fraction of sp³-hybridized carbons (Fsp3) is 1.00. The van der Waals surface area contributed by atoms with Crippen LogP contribution in [-0.4, -0.2) is 19.6 Å². The summed E-state index contributed by atoms with van der Waals surface area (Å²) in [6.45, 7) is 3.21. The molecular formula is C7H18N2. The molecule has 1 fully saturated rings. The van der Waals surface area contributed by atoms with Gasteiger partial charge in [0.25, 0.3) is 0 Å². The minimum atomic E-state index is 0. The van der Waals surface area contributed by atoms with Crippen molar-refractivity contribution in [3.8, 4) is 0 Å². The van der Waals surface area contributed by atoms with Crippen LogP contribution in [0.3, 0.4) is 0 Å². The fourth-order valence-electron chi connectivity index (χ4n) is 1.12. The summed E-state index contributed by atoms with van der Waals surface area (Å²) in [4.78, 5) is 0. The maximum Gasteiger partial charge on any atom is -0.00458 e. The van der Waals surface area contributed by atoms with E-state index in [1.54, 1.807) is 0 Å². The Kier molecular flexibility index (Phi) is 4.72. The monoisotopic (exact) mass is 130 g/mol. The van der Waals surface area contributed by atoms with Gasteiger partial charge in [-0.2, -0.15) is 0 Å². The Bertz CT molecular complexity index is 57.9. The van der Waals surface area contributed by atoms with Crippen LogP contribution in [0, 0.1) is 5.92 Å².